The lowest BCUT2D eigenvalue weighted by molar-refractivity contribution is 0.0952. The molecule has 1 amide bonds. The Bertz CT molecular complexity index is 1140. The molecule has 3 aromatic carbocycles. The fraction of sp³-hybridized carbons (Fsp3) is 0.125. The Morgan fingerprint density at radius 1 is 1.07 bits per heavy atom. The lowest BCUT2D eigenvalue weighted by Gasteiger charge is -2.19. The third-order valence-corrected chi connectivity index (χ3v) is 5.30. The SMILES string of the molecule is COc1ccc([C@H](CNC(=O)c2cccc(Cl)c2)c2c[nH]c3ccccc23)cc1. The smallest absolute Gasteiger partial charge is 0.251 e. The Morgan fingerprint density at radius 3 is 2.62 bits per heavy atom. The van der Waals surface area contributed by atoms with E-state index < -0.39 is 0 Å². The van der Waals surface area contributed by atoms with Crippen molar-refractivity contribution in [1.29, 1.82) is 0 Å². The van der Waals surface area contributed by atoms with Gasteiger partial charge in [-0.2, -0.15) is 0 Å². The highest BCUT2D eigenvalue weighted by Crippen LogP contribution is 2.31. The van der Waals surface area contributed by atoms with Gasteiger partial charge in [-0.05, 0) is 47.5 Å². The summed E-state index contributed by atoms with van der Waals surface area (Å²) < 4.78 is 5.29. The Kier molecular flexibility index (Phi) is 5.54. The van der Waals surface area contributed by atoms with Crippen molar-refractivity contribution in [2.45, 2.75) is 5.92 Å². The van der Waals surface area contributed by atoms with E-state index in [1.165, 1.54) is 0 Å². The van der Waals surface area contributed by atoms with E-state index in [1.54, 1.807) is 31.4 Å². The molecule has 4 nitrogen and oxygen atoms in total. The molecule has 146 valence electrons. The van der Waals surface area contributed by atoms with Gasteiger partial charge >= 0.3 is 0 Å². The molecule has 0 saturated carbocycles. The van der Waals surface area contributed by atoms with Gasteiger partial charge in [0.1, 0.15) is 5.75 Å². The van der Waals surface area contributed by atoms with E-state index in [0.717, 1.165) is 27.8 Å². The fourth-order valence-electron chi connectivity index (χ4n) is 3.55. The number of fused-ring (bicyclic) bond motifs is 1. The molecule has 4 aromatic rings. The topological polar surface area (TPSA) is 54.1 Å². The highest BCUT2D eigenvalue weighted by Gasteiger charge is 2.19. The maximum Gasteiger partial charge on any atom is 0.251 e. The number of hydrogen-bond acceptors (Lipinski definition) is 2. The van der Waals surface area contributed by atoms with E-state index in [2.05, 4.69) is 22.4 Å². The van der Waals surface area contributed by atoms with Crippen molar-refractivity contribution in [3.8, 4) is 5.75 Å². The first-order valence-electron chi connectivity index (χ1n) is 9.39. The quantitative estimate of drug-likeness (QED) is 0.452. The summed E-state index contributed by atoms with van der Waals surface area (Å²) in [5.74, 6) is 0.639. The Morgan fingerprint density at radius 2 is 1.86 bits per heavy atom. The van der Waals surface area contributed by atoms with Crippen molar-refractivity contribution in [2.24, 2.45) is 0 Å². The van der Waals surface area contributed by atoms with Crippen LogP contribution in [0.25, 0.3) is 10.9 Å². The van der Waals surface area contributed by atoms with Crippen molar-refractivity contribution in [2.75, 3.05) is 13.7 Å². The zero-order chi connectivity index (χ0) is 20.2. The van der Waals surface area contributed by atoms with Crippen LogP contribution in [0.4, 0.5) is 0 Å². The van der Waals surface area contributed by atoms with Gasteiger partial charge in [-0.1, -0.05) is 48.0 Å². The number of carbonyl (C=O) groups excluding carboxylic acids is 1. The predicted octanol–water partition coefficient (Wildman–Crippen LogP) is 5.39. The van der Waals surface area contributed by atoms with Crippen molar-refractivity contribution in [3.05, 3.63) is 101 Å². The summed E-state index contributed by atoms with van der Waals surface area (Å²) in [6.07, 6.45) is 2.02. The second kappa shape index (κ2) is 8.41. The summed E-state index contributed by atoms with van der Waals surface area (Å²) in [6, 6.07) is 23.1. The summed E-state index contributed by atoms with van der Waals surface area (Å²) in [5, 5.41) is 4.75. The average Bonchev–Trinajstić information content (AvgIpc) is 3.18. The van der Waals surface area contributed by atoms with Crippen LogP contribution in [-0.4, -0.2) is 24.5 Å². The summed E-state index contributed by atoms with van der Waals surface area (Å²) in [7, 11) is 1.65. The van der Waals surface area contributed by atoms with Crippen LogP contribution in [-0.2, 0) is 0 Å². The first kappa shape index (κ1) is 19.1. The number of nitrogens with one attached hydrogen (secondary N) is 2. The fourth-order valence-corrected chi connectivity index (χ4v) is 3.74. The molecule has 0 radical (unpaired) electrons. The molecule has 0 saturated heterocycles. The van der Waals surface area contributed by atoms with E-state index in [9.17, 15) is 4.79 Å². The number of methoxy groups -OCH3 is 1. The molecular weight excluding hydrogens is 384 g/mol. The molecule has 0 fully saturated rings. The van der Waals surface area contributed by atoms with E-state index in [-0.39, 0.29) is 11.8 Å². The molecule has 29 heavy (non-hydrogen) atoms. The molecule has 1 aromatic heterocycles. The van der Waals surface area contributed by atoms with E-state index in [0.29, 0.717) is 17.1 Å². The number of H-pyrrole nitrogens is 1. The highest BCUT2D eigenvalue weighted by molar-refractivity contribution is 6.30. The molecular formula is C24H21ClN2O2. The number of hydrogen-bond donors (Lipinski definition) is 2. The molecule has 1 atom stereocenters. The van der Waals surface area contributed by atoms with Gasteiger partial charge in [0.15, 0.2) is 0 Å². The third-order valence-electron chi connectivity index (χ3n) is 5.07. The summed E-state index contributed by atoms with van der Waals surface area (Å²) in [6.45, 7) is 0.458. The van der Waals surface area contributed by atoms with Crippen molar-refractivity contribution in [3.63, 3.8) is 0 Å². The standard InChI is InChI=1S/C24H21ClN2O2/c1-29-19-11-9-16(10-12-19)21(22-15-26-23-8-3-2-7-20(22)23)14-27-24(28)17-5-4-6-18(25)13-17/h2-13,15,21,26H,14H2,1H3,(H,27,28)/t21-/m0/s1. The van der Waals surface area contributed by atoms with Gasteiger partial charge in [0.05, 0.1) is 7.11 Å². The third kappa shape index (κ3) is 4.13. The van der Waals surface area contributed by atoms with Crippen molar-refractivity contribution >= 4 is 28.4 Å². The van der Waals surface area contributed by atoms with Crippen molar-refractivity contribution in [1.82, 2.24) is 10.3 Å². The number of benzene rings is 3. The minimum absolute atomic E-state index is 0.0137. The lowest BCUT2D eigenvalue weighted by Crippen LogP contribution is -2.28. The first-order valence-corrected chi connectivity index (χ1v) is 9.77. The van der Waals surface area contributed by atoms with Crippen LogP contribution in [0.1, 0.15) is 27.4 Å². The molecule has 0 aliphatic rings. The molecule has 0 bridgehead atoms. The molecule has 1 heterocycles. The Balaban J connectivity index is 1.65. The van der Waals surface area contributed by atoms with Crippen LogP contribution in [0.3, 0.4) is 0 Å². The van der Waals surface area contributed by atoms with Crippen LogP contribution in [0.15, 0.2) is 79.0 Å². The first-order chi connectivity index (χ1) is 14.2. The summed E-state index contributed by atoms with van der Waals surface area (Å²) in [5.41, 5.74) is 3.85. The number of halogens is 1. The predicted molar refractivity (Wildman–Crippen MR) is 117 cm³/mol. The van der Waals surface area contributed by atoms with Crippen LogP contribution in [0.2, 0.25) is 5.02 Å². The van der Waals surface area contributed by atoms with Gasteiger partial charge in [-0.25, -0.2) is 0 Å². The largest absolute Gasteiger partial charge is 0.497 e. The van der Waals surface area contributed by atoms with Gasteiger partial charge in [-0.15, -0.1) is 0 Å². The van der Waals surface area contributed by atoms with E-state index >= 15 is 0 Å². The average molecular weight is 405 g/mol. The van der Waals surface area contributed by atoms with Crippen LogP contribution < -0.4 is 10.1 Å². The van der Waals surface area contributed by atoms with Gasteiger partial charge in [-0.3, -0.25) is 4.79 Å². The van der Waals surface area contributed by atoms with Gasteiger partial charge in [0, 0.05) is 40.1 Å². The summed E-state index contributed by atoms with van der Waals surface area (Å²) >= 11 is 6.03. The maximum atomic E-state index is 12.7. The molecule has 0 aliphatic heterocycles. The van der Waals surface area contributed by atoms with E-state index in [4.69, 9.17) is 16.3 Å². The highest BCUT2D eigenvalue weighted by atomic mass is 35.5. The van der Waals surface area contributed by atoms with Crippen LogP contribution in [0.5, 0.6) is 5.75 Å². The Hall–Kier alpha value is -3.24. The monoisotopic (exact) mass is 404 g/mol. The second-order valence-electron chi connectivity index (χ2n) is 6.84. The number of carbonyl (C=O) groups is 1. The minimum Gasteiger partial charge on any atom is -0.497 e. The maximum absolute atomic E-state index is 12.7. The van der Waals surface area contributed by atoms with Gasteiger partial charge < -0.3 is 15.0 Å². The Labute approximate surface area is 174 Å². The number of ether oxygens (including phenoxy) is 1. The number of aromatic amines is 1. The number of para-hydroxylation sites is 1. The van der Waals surface area contributed by atoms with Crippen LogP contribution in [0, 0.1) is 0 Å². The number of aromatic nitrogens is 1. The molecule has 0 aliphatic carbocycles. The molecule has 5 heteroatoms. The van der Waals surface area contributed by atoms with Crippen LogP contribution >= 0.6 is 11.6 Å². The number of amides is 1. The van der Waals surface area contributed by atoms with E-state index in [1.807, 2.05) is 42.6 Å². The zero-order valence-electron chi connectivity index (χ0n) is 16.0. The minimum atomic E-state index is -0.147. The normalized spacial score (nSPS) is 11.9. The number of rotatable bonds is 6. The zero-order valence-corrected chi connectivity index (χ0v) is 16.7. The second-order valence-corrected chi connectivity index (χ2v) is 7.27. The molecule has 0 spiro atoms. The lowest BCUT2D eigenvalue weighted by atomic mass is 9.90. The molecule has 4 rings (SSSR count). The molecule has 0 unspecified atom stereocenters. The molecule has 2 N–H and O–H groups in total. The van der Waals surface area contributed by atoms with Crippen molar-refractivity contribution < 1.29 is 9.53 Å². The van der Waals surface area contributed by atoms with Gasteiger partial charge in [0.25, 0.3) is 5.91 Å². The van der Waals surface area contributed by atoms with Gasteiger partial charge in [0.2, 0.25) is 0 Å². The summed E-state index contributed by atoms with van der Waals surface area (Å²) in [4.78, 5) is 16.0.